The number of hydrogen-bond donors (Lipinski definition) is 0. The summed E-state index contributed by atoms with van der Waals surface area (Å²) in [5, 5.41) is 4.88. The largest absolute Gasteiger partial charge is 0.361 e. The number of ether oxygens (including phenoxy) is 1. The van der Waals surface area contributed by atoms with E-state index in [1.54, 1.807) is 0 Å². The Kier molecular flexibility index (Phi) is 4.39. The fourth-order valence-electron chi connectivity index (χ4n) is 4.25. The monoisotopic (exact) mass is 362 g/mol. The maximum absolute atomic E-state index is 6.21. The van der Waals surface area contributed by atoms with Crippen molar-refractivity contribution >= 4 is 0 Å². The third-order valence-electron chi connectivity index (χ3n) is 5.60. The van der Waals surface area contributed by atoms with Crippen molar-refractivity contribution in [2.45, 2.75) is 59.3 Å². The zero-order chi connectivity index (χ0) is 19.2. The van der Waals surface area contributed by atoms with Gasteiger partial charge in [-0.1, -0.05) is 52.7 Å². The first kappa shape index (κ1) is 17.9. The highest BCUT2D eigenvalue weighted by Gasteiger charge is 2.42. The number of rotatable bonds is 3. The van der Waals surface area contributed by atoms with Gasteiger partial charge in [-0.15, -0.1) is 0 Å². The molecule has 1 aromatic heterocycles. The first-order valence-corrected chi connectivity index (χ1v) is 9.61. The molecule has 2 aromatic carbocycles. The van der Waals surface area contributed by atoms with Gasteiger partial charge in [0, 0.05) is 11.5 Å². The Morgan fingerprint density at radius 2 is 1.78 bits per heavy atom. The van der Waals surface area contributed by atoms with Crippen LogP contribution >= 0.6 is 0 Å². The van der Waals surface area contributed by atoms with Crippen molar-refractivity contribution in [3.8, 4) is 5.69 Å². The highest BCUT2D eigenvalue weighted by Crippen LogP contribution is 2.31. The minimum Gasteiger partial charge on any atom is -0.361 e. The van der Waals surface area contributed by atoms with Crippen LogP contribution in [0, 0.1) is 20.8 Å². The maximum atomic E-state index is 6.21. The Morgan fingerprint density at radius 3 is 2.44 bits per heavy atom. The number of nitrogens with zero attached hydrogens (tertiary/aromatic N) is 3. The van der Waals surface area contributed by atoms with Crippen LogP contribution in [0.4, 0.5) is 0 Å². The lowest BCUT2D eigenvalue weighted by Gasteiger charge is -2.36. The van der Waals surface area contributed by atoms with Crippen molar-refractivity contribution in [3.05, 3.63) is 76.9 Å². The summed E-state index contributed by atoms with van der Waals surface area (Å²) in [5.41, 5.74) is 6.00. The molecule has 0 radical (unpaired) electrons. The Bertz CT molecular complexity index is 950. The summed E-state index contributed by atoms with van der Waals surface area (Å²) < 4.78 is 10.6. The third kappa shape index (κ3) is 3.30. The second-order valence-electron chi connectivity index (χ2n) is 8.23. The molecule has 140 valence electrons. The third-order valence-corrected chi connectivity index (χ3v) is 5.60. The molecule has 2 heterocycles. The molecule has 0 spiro atoms. The predicted octanol–water partition coefficient (Wildman–Crippen LogP) is 4.18. The average Bonchev–Trinajstić information content (AvgIpc) is 3.01. The lowest BCUT2D eigenvalue weighted by atomic mass is 9.91. The molecule has 1 aliphatic heterocycles. The Balaban J connectivity index is 1.78. The van der Waals surface area contributed by atoms with Gasteiger partial charge in [-0.05, 0) is 51.3 Å². The molecule has 1 aliphatic rings. The molecule has 3 aromatic rings. The van der Waals surface area contributed by atoms with E-state index < -0.39 is 0 Å². The zero-order valence-corrected chi connectivity index (χ0v) is 16.9. The smallest absolute Gasteiger partial charge is 0.304 e. The number of aryl methyl sites for hydroxylation is 3. The van der Waals surface area contributed by atoms with Gasteiger partial charge in [0.1, 0.15) is 18.3 Å². The molecule has 0 saturated carbocycles. The van der Waals surface area contributed by atoms with Crippen LogP contribution in [0.25, 0.3) is 5.69 Å². The van der Waals surface area contributed by atoms with E-state index in [4.69, 9.17) is 9.84 Å². The van der Waals surface area contributed by atoms with Crippen LogP contribution < -0.4 is 4.57 Å². The van der Waals surface area contributed by atoms with Crippen LogP contribution in [0.3, 0.4) is 0 Å². The van der Waals surface area contributed by atoms with Gasteiger partial charge in [0.2, 0.25) is 6.33 Å². The molecular weight excluding hydrogens is 334 g/mol. The van der Waals surface area contributed by atoms with Gasteiger partial charge >= 0.3 is 5.82 Å². The van der Waals surface area contributed by atoms with E-state index in [-0.39, 0.29) is 11.6 Å². The summed E-state index contributed by atoms with van der Waals surface area (Å²) in [6.45, 7) is 11.3. The molecule has 4 nitrogen and oxygen atoms in total. The topological polar surface area (TPSA) is 30.9 Å². The first-order chi connectivity index (χ1) is 12.8. The number of fused-ring (bicyclic) bond motifs is 1. The van der Waals surface area contributed by atoms with Crippen molar-refractivity contribution in [1.82, 2.24) is 9.78 Å². The van der Waals surface area contributed by atoms with Gasteiger partial charge < -0.3 is 4.74 Å². The normalized spacial score (nSPS) is 18.3. The van der Waals surface area contributed by atoms with Crippen LogP contribution in [0.1, 0.15) is 48.0 Å². The summed E-state index contributed by atoms with van der Waals surface area (Å²) >= 11 is 0. The number of hydrogen-bond acceptors (Lipinski definition) is 2. The van der Waals surface area contributed by atoms with E-state index in [0.29, 0.717) is 6.61 Å². The minimum atomic E-state index is -0.251. The van der Waals surface area contributed by atoms with Crippen LogP contribution in [0.5, 0.6) is 0 Å². The molecule has 0 saturated heterocycles. The van der Waals surface area contributed by atoms with E-state index >= 15 is 0 Å². The second kappa shape index (κ2) is 6.61. The predicted molar refractivity (Wildman–Crippen MR) is 106 cm³/mol. The fourth-order valence-corrected chi connectivity index (χ4v) is 4.25. The van der Waals surface area contributed by atoms with E-state index in [1.807, 2.05) is 4.68 Å². The lowest BCUT2D eigenvalue weighted by molar-refractivity contribution is -0.757. The summed E-state index contributed by atoms with van der Waals surface area (Å²) in [6, 6.07) is 15.3. The van der Waals surface area contributed by atoms with Crippen molar-refractivity contribution < 1.29 is 9.30 Å². The molecular formula is C23H28N3O+. The quantitative estimate of drug-likeness (QED) is 0.655. The van der Waals surface area contributed by atoms with Crippen molar-refractivity contribution in [2.24, 2.45) is 0 Å². The second-order valence-corrected chi connectivity index (χ2v) is 8.23. The van der Waals surface area contributed by atoms with Crippen molar-refractivity contribution in [1.29, 1.82) is 0 Å². The summed E-state index contributed by atoms with van der Waals surface area (Å²) in [5.74, 6) is 0.981. The molecule has 4 rings (SSSR count). The number of benzene rings is 2. The summed E-state index contributed by atoms with van der Waals surface area (Å²) in [4.78, 5) is 0. The minimum absolute atomic E-state index is 0.198. The average molecular weight is 362 g/mol. The van der Waals surface area contributed by atoms with Gasteiger partial charge in [0.15, 0.2) is 0 Å². The molecule has 0 amide bonds. The highest BCUT2D eigenvalue weighted by molar-refractivity contribution is 5.48. The van der Waals surface area contributed by atoms with Gasteiger partial charge in [0.05, 0.1) is 5.60 Å². The van der Waals surface area contributed by atoms with E-state index in [1.165, 1.54) is 27.9 Å². The molecule has 0 bridgehead atoms. The molecule has 27 heavy (non-hydrogen) atoms. The molecule has 1 atom stereocenters. The van der Waals surface area contributed by atoms with E-state index in [2.05, 4.69) is 88.0 Å². The first-order valence-electron chi connectivity index (χ1n) is 9.61. The Morgan fingerprint density at radius 1 is 1.11 bits per heavy atom. The van der Waals surface area contributed by atoms with Crippen LogP contribution in [-0.4, -0.2) is 15.4 Å². The lowest BCUT2D eigenvalue weighted by Crippen LogP contribution is -2.57. The van der Waals surface area contributed by atoms with Crippen LogP contribution in [0.2, 0.25) is 0 Å². The molecule has 0 fully saturated rings. The standard InChI is InChI=1S/C23H28N3O/c1-16-11-17(2)22(18(3)12-16)26-15-25-20(13-19-9-7-6-8-10-19)23(4,5)27-14-21(25)24-26/h6-12,15,20H,13-14H2,1-5H3/q+1/t20-/m0/s1. The zero-order valence-electron chi connectivity index (χ0n) is 16.9. The Labute approximate surface area is 161 Å². The summed E-state index contributed by atoms with van der Waals surface area (Å²) in [7, 11) is 0. The van der Waals surface area contributed by atoms with Crippen molar-refractivity contribution in [3.63, 3.8) is 0 Å². The van der Waals surface area contributed by atoms with Crippen molar-refractivity contribution in [2.75, 3.05) is 0 Å². The van der Waals surface area contributed by atoms with Crippen LogP contribution in [-0.2, 0) is 17.8 Å². The molecule has 0 N–H and O–H groups in total. The van der Waals surface area contributed by atoms with E-state index in [0.717, 1.165) is 12.2 Å². The van der Waals surface area contributed by atoms with Gasteiger partial charge in [0.25, 0.3) is 0 Å². The maximum Gasteiger partial charge on any atom is 0.304 e. The Hall–Kier alpha value is -2.46. The van der Waals surface area contributed by atoms with Gasteiger partial charge in [-0.2, -0.15) is 0 Å². The highest BCUT2D eigenvalue weighted by atomic mass is 16.5. The van der Waals surface area contributed by atoms with Crippen LogP contribution in [0.15, 0.2) is 48.8 Å². The SMILES string of the molecule is Cc1cc(C)c(-n2c[n+]3c(n2)COC(C)(C)[C@@H]3Cc2ccccc2)c(C)c1. The number of aromatic nitrogens is 3. The molecule has 0 unspecified atom stereocenters. The van der Waals surface area contributed by atoms with E-state index in [9.17, 15) is 0 Å². The molecule has 4 heteroatoms. The molecule has 0 aliphatic carbocycles. The fraction of sp³-hybridized carbons (Fsp3) is 0.391. The van der Waals surface area contributed by atoms with Gasteiger partial charge in [-0.3, -0.25) is 0 Å². The summed E-state index contributed by atoms with van der Waals surface area (Å²) in [6.07, 6.45) is 3.07. The van der Waals surface area contributed by atoms with Gasteiger partial charge in [-0.25, -0.2) is 4.57 Å².